The summed E-state index contributed by atoms with van der Waals surface area (Å²) in [5.41, 5.74) is -0.413. The number of carbonyl (C=O) groups is 2. The lowest BCUT2D eigenvalue weighted by molar-refractivity contribution is -0.140. The quantitative estimate of drug-likeness (QED) is 0.778. The van der Waals surface area contributed by atoms with E-state index in [0.29, 0.717) is 0 Å². The molecule has 2 aliphatic rings. The molecule has 0 spiro atoms. The van der Waals surface area contributed by atoms with Crippen molar-refractivity contribution in [3.63, 3.8) is 0 Å². The Morgan fingerprint density at radius 1 is 1.32 bits per heavy atom. The van der Waals surface area contributed by atoms with Crippen LogP contribution in [0.4, 0.5) is 0 Å². The van der Waals surface area contributed by atoms with Crippen LogP contribution >= 0.6 is 0 Å². The highest BCUT2D eigenvalue weighted by Gasteiger charge is 2.65. The molecule has 1 saturated carbocycles. The van der Waals surface area contributed by atoms with Crippen LogP contribution in [0, 0.1) is 17.3 Å². The lowest BCUT2D eigenvalue weighted by Crippen LogP contribution is -2.42. The number of amides is 1. The summed E-state index contributed by atoms with van der Waals surface area (Å²) in [5, 5.41) is 12.0. The average Bonchev–Trinajstić information content (AvgIpc) is 2.66. The molecule has 2 fully saturated rings. The van der Waals surface area contributed by atoms with Gasteiger partial charge in [-0.25, -0.2) is 0 Å². The summed E-state index contributed by atoms with van der Waals surface area (Å²) >= 11 is 0. The van der Waals surface area contributed by atoms with Gasteiger partial charge >= 0.3 is 5.97 Å². The molecular formula is C14H24N2O3. The van der Waals surface area contributed by atoms with Gasteiger partial charge in [0, 0.05) is 12.6 Å². The number of nitrogens with zero attached hydrogens (tertiary/aromatic N) is 1. The van der Waals surface area contributed by atoms with E-state index in [9.17, 15) is 9.59 Å². The Balaban J connectivity index is 1.82. The van der Waals surface area contributed by atoms with E-state index in [4.69, 9.17) is 5.11 Å². The van der Waals surface area contributed by atoms with Gasteiger partial charge in [-0.1, -0.05) is 13.8 Å². The van der Waals surface area contributed by atoms with Crippen molar-refractivity contribution < 1.29 is 14.7 Å². The van der Waals surface area contributed by atoms with Crippen molar-refractivity contribution in [2.45, 2.75) is 39.7 Å². The summed E-state index contributed by atoms with van der Waals surface area (Å²) in [5.74, 6) is -1.89. The second kappa shape index (κ2) is 5.12. The number of hydrogen-bond acceptors (Lipinski definition) is 3. The molecule has 0 aromatic rings. The molecule has 5 nitrogen and oxygen atoms in total. The van der Waals surface area contributed by atoms with Gasteiger partial charge in [-0.3, -0.25) is 9.59 Å². The molecule has 0 aromatic heterocycles. The normalized spacial score (nSPS) is 30.9. The molecule has 108 valence electrons. The first-order valence-electron chi connectivity index (χ1n) is 7.09. The molecule has 0 aromatic carbocycles. The molecular weight excluding hydrogens is 244 g/mol. The van der Waals surface area contributed by atoms with Gasteiger partial charge in [0.2, 0.25) is 5.91 Å². The third-order valence-electron chi connectivity index (χ3n) is 4.50. The first-order chi connectivity index (χ1) is 8.84. The van der Waals surface area contributed by atoms with Crippen molar-refractivity contribution in [1.29, 1.82) is 0 Å². The van der Waals surface area contributed by atoms with E-state index < -0.39 is 17.3 Å². The molecule has 2 rings (SSSR count). The van der Waals surface area contributed by atoms with Crippen LogP contribution in [-0.2, 0) is 9.59 Å². The highest BCUT2D eigenvalue weighted by atomic mass is 16.4. The van der Waals surface area contributed by atoms with Crippen molar-refractivity contribution in [2.24, 2.45) is 17.3 Å². The number of aliphatic carboxylic acids is 1. The maximum atomic E-state index is 12.1. The standard InChI is InChI=1S/C14H24N2O3/c1-9(8-16-6-4-5-7-16)15-12(17)10-11(13(18)19)14(10,2)3/h9-11H,4-8H2,1-3H3,(H,15,17)(H,18,19). The second-order valence-electron chi connectivity index (χ2n) is 6.53. The van der Waals surface area contributed by atoms with Gasteiger partial charge in [-0.05, 0) is 38.3 Å². The SMILES string of the molecule is CC(CN1CCCC1)NC(=O)C1C(C(=O)O)C1(C)C. The fourth-order valence-corrected chi connectivity index (χ4v) is 3.32. The van der Waals surface area contributed by atoms with Crippen molar-refractivity contribution >= 4 is 11.9 Å². The van der Waals surface area contributed by atoms with E-state index in [1.807, 2.05) is 20.8 Å². The fraction of sp³-hybridized carbons (Fsp3) is 0.857. The molecule has 1 amide bonds. The molecule has 1 aliphatic heterocycles. The minimum absolute atomic E-state index is 0.0800. The van der Waals surface area contributed by atoms with Crippen LogP contribution in [0.15, 0.2) is 0 Å². The Labute approximate surface area is 114 Å². The van der Waals surface area contributed by atoms with E-state index in [0.717, 1.165) is 19.6 Å². The van der Waals surface area contributed by atoms with Crippen molar-refractivity contribution in [3.8, 4) is 0 Å². The fourth-order valence-electron chi connectivity index (χ4n) is 3.32. The van der Waals surface area contributed by atoms with Gasteiger partial charge < -0.3 is 15.3 Å². The highest BCUT2D eigenvalue weighted by molar-refractivity contribution is 5.91. The van der Waals surface area contributed by atoms with Gasteiger partial charge in [-0.15, -0.1) is 0 Å². The molecule has 1 aliphatic carbocycles. The topological polar surface area (TPSA) is 69.6 Å². The third kappa shape index (κ3) is 2.91. The first kappa shape index (κ1) is 14.3. The van der Waals surface area contributed by atoms with Crippen LogP contribution in [-0.4, -0.2) is 47.6 Å². The Bertz CT molecular complexity index is 375. The molecule has 0 radical (unpaired) electrons. The van der Waals surface area contributed by atoms with E-state index in [1.165, 1.54) is 12.8 Å². The molecule has 1 saturated heterocycles. The Hall–Kier alpha value is -1.10. The summed E-state index contributed by atoms with van der Waals surface area (Å²) in [6.45, 7) is 8.75. The van der Waals surface area contributed by atoms with Crippen LogP contribution < -0.4 is 5.32 Å². The zero-order valence-corrected chi connectivity index (χ0v) is 12.0. The molecule has 1 heterocycles. The predicted octanol–water partition coefficient (Wildman–Crippen LogP) is 0.944. The van der Waals surface area contributed by atoms with Crippen molar-refractivity contribution in [1.82, 2.24) is 10.2 Å². The number of rotatable bonds is 5. The van der Waals surface area contributed by atoms with Crippen molar-refractivity contribution in [2.75, 3.05) is 19.6 Å². The molecule has 0 bridgehead atoms. The predicted molar refractivity (Wildman–Crippen MR) is 71.7 cm³/mol. The summed E-state index contributed by atoms with van der Waals surface area (Å²) in [6.07, 6.45) is 2.47. The van der Waals surface area contributed by atoms with E-state index in [2.05, 4.69) is 10.2 Å². The largest absolute Gasteiger partial charge is 0.481 e. The lowest BCUT2D eigenvalue weighted by Gasteiger charge is -2.21. The highest BCUT2D eigenvalue weighted by Crippen LogP contribution is 2.58. The van der Waals surface area contributed by atoms with Gasteiger partial charge in [0.05, 0.1) is 11.8 Å². The number of carboxylic acids is 1. The van der Waals surface area contributed by atoms with Gasteiger partial charge in [-0.2, -0.15) is 0 Å². The van der Waals surface area contributed by atoms with E-state index >= 15 is 0 Å². The number of carbonyl (C=O) groups excluding carboxylic acids is 1. The maximum absolute atomic E-state index is 12.1. The Morgan fingerprint density at radius 2 is 1.89 bits per heavy atom. The molecule has 2 N–H and O–H groups in total. The lowest BCUT2D eigenvalue weighted by atomic mass is 10.1. The first-order valence-corrected chi connectivity index (χ1v) is 7.09. The zero-order chi connectivity index (χ0) is 14.2. The van der Waals surface area contributed by atoms with Crippen LogP contribution in [0.1, 0.15) is 33.6 Å². The van der Waals surface area contributed by atoms with Gasteiger partial charge in [0.15, 0.2) is 0 Å². The smallest absolute Gasteiger partial charge is 0.307 e. The summed E-state index contributed by atoms with van der Waals surface area (Å²) in [4.78, 5) is 25.5. The summed E-state index contributed by atoms with van der Waals surface area (Å²) < 4.78 is 0. The average molecular weight is 268 g/mol. The third-order valence-corrected chi connectivity index (χ3v) is 4.50. The van der Waals surface area contributed by atoms with Crippen LogP contribution in [0.3, 0.4) is 0 Å². The summed E-state index contributed by atoms with van der Waals surface area (Å²) in [6, 6.07) is 0.0800. The van der Waals surface area contributed by atoms with Crippen LogP contribution in [0.5, 0.6) is 0 Å². The number of hydrogen-bond donors (Lipinski definition) is 2. The molecule has 3 atom stereocenters. The van der Waals surface area contributed by atoms with Crippen LogP contribution in [0.25, 0.3) is 0 Å². The van der Waals surface area contributed by atoms with E-state index in [1.54, 1.807) is 0 Å². The molecule has 5 heteroatoms. The van der Waals surface area contributed by atoms with Crippen LogP contribution in [0.2, 0.25) is 0 Å². The maximum Gasteiger partial charge on any atom is 0.307 e. The number of nitrogens with one attached hydrogen (secondary N) is 1. The minimum atomic E-state index is -0.864. The minimum Gasteiger partial charge on any atom is -0.481 e. The van der Waals surface area contributed by atoms with Gasteiger partial charge in [0.25, 0.3) is 0 Å². The number of likely N-dealkylation sites (tertiary alicyclic amines) is 1. The molecule has 19 heavy (non-hydrogen) atoms. The van der Waals surface area contributed by atoms with Crippen molar-refractivity contribution in [3.05, 3.63) is 0 Å². The number of carboxylic acid groups (broad SMARTS) is 1. The second-order valence-corrected chi connectivity index (χ2v) is 6.53. The monoisotopic (exact) mass is 268 g/mol. The zero-order valence-electron chi connectivity index (χ0n) is 12.0. The molecule has 3 unspecified atom stereocenters. The Morgan fingerprint density at radius 3 is 2.37 bits per heavy atom. The van der Waals surface area contributed by atoms with Gasteiger partial charge in [0.1, 0.15) is 0 Å². The van der Waals surface area contributed by atoms with E-state index in [-0.39, 0.29) is 17.9 Å². The summed E-state index contributed by atoms with van der Waals surface area (Å²) in [7, 11) is 0. The Kier molecular flexibility index (Phi) is 3.85.